The van der Waals surface area contributed by atoms with E-state index in [2.05, 4.69) is 5.32 Å². The lowest BCUT2D eigenvalue weighted by molar-refractivity contribution is -0.115. The molecule has 1 saturated heterocycles. The summed E-state index contributed by atoms with van der Waals surface area (Å²) in [5.74, 6) is 0. The van der Waals surface area contributed by atoms with Gasteiger partial charge in [0, 0.05) is 6.04 Å². The van der Waals surface area contributed by atoms with Crippen molar-refractivity contribution >= 4 is 6.29 Å². The van der Waals surface area contributed by atoms with Crippen LogP contribution in [0.1, 0.15) is 12.8 Å². The molecule has 2 unspecified atom stereocenters. The molecule has 1 aliphatic heterocycles. The molecule has 0 spiro atoms. The second kappa shape index (κ2) is 2.94. The molecule has 0 aromatic carbocycles. The maximum Gasteiger partial charge on any atom is 0.150 e. The SMILES string of the molecule is O=CC(O)C1CCCN1. The van der Waals surface area contributed by atoms with Gasteiger partial charge in [-0.3, -0.25) is 0 Å². The van der Waals surface area contributed by atoms with Gasteiger partial charge < -0.3 is 15.2 Å². The number of nitrogens with one attached hydrogen (secondary N) is 1. The normalized spacial score (nSPS) is 30.1. The van der Waals surface area contributed by atoms with E-state index in [0.717, 1.165) is 19.4 Å². The van der Waals surface area contributed by atoms with E-state index in [1.54, 1.807) is 0 Å². The predicted molar refractivity (Wildman–Crippen MR) is 33.1 cm³/mol. The van der Waals surface area contributed by atoms with Crippen molar-refractivity contribution in [3.8, 4) is 0 Å². The molecule has 52 valence electrons. The first-order chi connectivity index (χ1) is 4.34. The first-order valence-electron chi connectivity index (χ1n) is 3.21. The fourth-order valence-electron chi connectivity index (χ4n) is 1.10. The summed E-state index contributed by atoms with van der Waals surface area (Å²) in [5.41, 5.74) is 0. The third-order valence-electron chi connectivity index (χ3n) is 1.65. The molecule has 1 rings (SSSR count). The zero-order valence-corrected chi connectivity index (χ0v) is 5.21. The number of aldehydes is 1. The molecule has 0 aromatic heterocycles. The van der Waals surface area contributed by atoms with Gasteiger partial charge in [0.2, 0.25) is 0 Å². The van der Waals surface area contributed by atoms with Crippen LogP contribution >= 0.6 is 0 Å². The van der Waals surface area contributed by atoms with Crippen LogP contribution < -0.4 is 5.32 Å². The van der Waals surface area contributed by atoms with Gasteiger partial charge >= 0.3 is 0 Å². The molecule has 0 saturated carbocycles. The van der Waals surface area contributed by atoms with Gasteiger partial charge in [-0.2, -0.15) is 0 Å². The van der Waals surface area contributed by atoms with Gasteiger partial charge in [-0.05, 0) is 19.4 Å². The second-order valence-electron chi connectivity index (χ2n) is 2.33. The van der Waals surface area contributed by atoms with Crippen LogP contribution in [0.15, 0.2) is 0 Å². The molecule has 1 aliphatic rings. The van der Waals surface area contributed by atoms with Gasteiger partial charge in [-0.15, -0.1) is 0 Å². The van der Waals surface area contributed by atoms with E-state index in [4.69, 9.17) is 5.11 Å². The van der Waals surface area contributed by atoms with Crippen LogP contribution in [0.3, 0.4) is 0 Å². The molecule has 2 N–H and O–H groups in total. The van der Waals surface area contributed by atoms with E-state index < -0.39 is 6.10 Å². The highest BCUT2D eigenvalue weighted by Crippen LogP contribution is 2.06. The molecule has 9 heavy (non-hydrogen) atoms. The van der Waals surface area contributed by atoms with Crippen molar-refractivity contribution in [1.82, 2.24) is 5.32 Å². The Labute approximate surface area is 54.1 Å². The third kappa shape index (κ3) is 1.50. The topological polar surface area (TPSA) is 49.3 Å². The summed E-state index contributed by atoms with van der Waals surface area (Å²) in [4.78, 5) is 10.0. The lowest BCUT2D eigenvalue weighted by Crippen LogP contribution is -2.35. The summed E-state index contributed by atoms with van der Waals surface area (Å²) in [5, 5.41) is 12.0. The Bertz CT molecular complexity index is 99.2. The number of carbonyl (C=O) groups is 1. The summed E-state index contributed by atoms with van der Waals surface area (Å²) >= 11 is 0. The smallest absolute Gasteiger partial charge is 0.150 e. The van der Waals surface area contributed by atoms with Crippen molar-refractivity contribution in [3.05, 3.63) is 0 Å². The Morgan fingerprint density at radius 3 is 3.00 bits per heavy atom. The molecule has 0 bridgehead atoms. The van der Waals surface area contributed by atoms with Gasteiger partial charge in [-0.1, -0.05) is 0 Å². The molecular formula is C6H11NO2. The molecular weight excluding hydrogens is 118 g/mol. The predicted octanol–water partition coefficient (Wildman–Crippen LogP) is -0.702. The minimum Gasteiger partial charge on any atom is -0.384 e. The van der Waals surface area contributed by atoms with Crippen molar-refractivity contribution in [2.24, 2.45) is 0 Å². The van der Waals surface area contributed by atoms with Gasteiger partial charge in [0.1, 0.15) is 12.4 Å². The maximum atomic E-state index is 10.0. The summed E-state index contributed by atoms with van der Waals surface area (Å²) < 4.78 is 0. The Kier molecular flexibility index (Phi) is 2.19. The highest BCUT2D eigenvalue weighted by molar-refractivity contribution is 5.56. The van der Waals surface area contributed by atoms with Crippen molar-refractivity contribution < 1.29 is 9.90 Å². The van der Waals surface area contributed by atoms with E-state index in [1.807, 2.05) is 0 Å². The van der Waals surface area contributed by atoms with E-state index in [9.17, 15) is 4.79 Å². The van der Waals surface area contributed by atoms with Crippen molar-refractivity contribution in [1.29, 1.82) is 0 Å². The number of carbonyl (C=O) groups excluding carboxylic acids is 1. The van der Waals surface area contributed by atoms with Crippen LogP contribution in [-0.2, 0) is 4.79 Å². The molecule has 3 heteroatoms. The second-order valence-corrected chi connectivity index (χ2v) is 2.33. The number of rotatable bonds is 2. The fourth-order valence-corrected chi connectivity index (χ4v) is 1.10. The monoisotopic (exact) mass is 129 g/mol. The number of hydrogen-bond acceptors (Lipinski definition) is 3. The summed E-state index contributed by atoms with van der Waals surface area (Å²) in [6.45, 7) is 0.926. The maximum absolute atomic E-state index is 10.0. The first-order valence-corrected chi connectivity index (χ1v) is 3.21. The highest BCUT2D eigenvalue weighted by Gasteiger charge is 2.21. The van der Waals surface area contributed by atoms with Crippen LogP contribution in [0.4, 0.5) is 0 Å². The quantitative estimate of drug-likeness (QED) is 0.485. The summed E-state index contributed by atoms with van der Waals surface area (Å²) in [6, 6.07) is 0.0162. The van der Waals surface area contributed by atoms with Crippen molar-refractivity contribution in [2.75, 3.05) is 6.54 Å². The molecule has 1 heterocycles. The van der Waals surface area contributed by atoms with Crippen LogP contribution in [-0.4, -0.2) is 30.1 Å². The van der Waals surface area contributed by atoms with Gasteiger partial charge in [0.05, 0.1) is 0 Å². The van der Waals surface area contributed by atoms with Gasteiger partial charge in [-0.25, -0.2) is 0 Å². The molecule has 3 nitrogen and oxygen atoms in total. The first kappa shape index (κ1) is 6.71. The molecule has 0 aliphatic carbocycles. The lowest BCUT2D eigenvalue weighted by atomic mass is 10.1. The van der Waals surface area contributed by atoms with E-state index in [0.29, 0.717) is 6.29 Å². The average molecular weight is 129 g/mol. The zero-order chi connectivity index (χ0) is 6.69. The molecule has 0 aromatic rings. The summed E-state index contributed by atoms with van der Waals surface area (Å²) in [6.07, 6.45) is 1.77. The molecule has 2 atom stereocenters. The largest absolute Gasteiger partial charge is 0.384 e. The Morgan fingerprint density at radius 2 is 2.56 bits per heavy atom. The fraction of sp³-hybridized carbons (Fsp3) is 0.833. The van der Waals surface area contributed by atoms with Crippen LogP contribution in [0, 0.1) is 0 Å². The molecule has 1 fully saturated rings. The van der Waals surface area contributed by atoms with E-state index in [-0.39, 0.29) is 6.04 Å². The third-order valence-corrected chi connectivity index (χ3v) is 1.65. The Morgan fingerprint density at radius 1 is 1.78 bits per heavy atom. The zero-order valence-electron chi connectivity index (χ0n) is 5.21. The minimum absolute atomic E-state index is 0.0162. The number of hydrogen-bond donors (Lipinski definition) is 2. The van der Waals surface area contributed by atoms with Crippen molar-refractivity contribution in [3.63, 3.8) is 0 Å². The van der Waals surface area contributed by atoms with Gasteiger partial charge in [0.25, 0.3) is 0 Å². The lowest BCUT2D eigenvalue weighted by Gasteiger charge is -2.10. The number of aliphatic hydroxyl groups is 1. The minimum atomic E-state index is -0.799. The standard InChI is InChI=1S/C6H11NO2/c8-4-6(9)5-2-1-3-7-5/h4-7,9H,1-3H2. The van der Waals surface area contributed by atoms with Crippen LogP contribution in [0.5, 0.6) is 0 Å². The Balaban J connectivity index is 2.32. The highest BCUT2D eigenvalue weighted by atomic mass is 16.3. The van der Waals surface area contributed by atoms with Gasteiger partial charge in [0.15, 0.2) is 0 Å². The average Bonchev–Trinajstić information content (AvgIpc) is 2.37. The number of aliphatic hydroxyl groups excluding tert-OH is 1. The summed E-state index contributed by atoms with van der Waals surface area (Å²) in [7, 11) is 0. The Hall–Kier alpha value is -0.410. The van der Waals surface area contributed by atoms with E-state index >= 15 is 0 Å². The van der Waals surface area contributed by atoms with E-state index in [1.165, 1.54) is 0 Å². The van der Waals surface area contributed by atoms with Crippen LogP contribution in [0.25, 0.3) is 0 Å². The molecule has 0 radical (unpaired) electrons. The van der Waals surface area contributed by atoms with Crippen LogP contribution in [0.2, 0.25) is 0 Å². The van der Waals surface area contributed by atoms with Crippen molar-refractivity contribution in [2.45, 2.75) is 25.0 Å². The molecule has 0 amide bonds.